The molecule has 0 bridgehead atoms. The van der Waals surface area contributed by atoms with Crippen LogP contribution in [-0.4, -0.2) is 69.6 Å². The van der Waals surface area contributed by atoms with Crippen LogP contribution in [0.5, 0.6) is 23.0 Å². The number of ether oxygens (including phenoxy) is 4. The number of esters is 1. The minimum atomic E-state index is -0.732. The smallest absolute Gasteiger partial charge is 0.306 e. The average molecular weight is 641 g/mol. The largest absolute Gasteiger partial charge is 0.502 e. The minimum Gasteiger partial charge on any atom is -0.502 e. The molecule has 2 aliphatic heterocycles. The number of rotatable bonds is 12. The quantitative estimate of drug-likeness (QED) is 0.214. The molecule has 3 heterocycles. The van der Waals surface area contributed by atoms with Crippen LogP contribution >= 0.6 is 0 Å². The number of aromatic hydroxyl groups is 1. The van der Waals surface area contributed by atoms with Gasteiger partial charge >= 0.3 is 5.97 Å². The van der Waals surface area contributed by atoms with E-state index in [1.165, 1.54) is 24.3 Å². The van der Waals surface area contributed by atoms with E-state index in [1.54, 1.807) is 7.11 Å². The van der Waals surface area contributed by atoms with E-state index in [0.717, 1.165) is 62.8 Å². The zero-order valence-corrected chi connectivity index (χ0v) is 26.8. The summed E-state index contributed by atoms with van der Waals surface area (Å²) in [5.41, 5.74) is 3.68. The van der Waals surface area contributed by atoms with E-state index in [0.29, 0.717) is 30.2 Å². The number of nitrogens with zero attached hydrogens (tertiary/aromatic N) is 2. The highest BCUT2D eigenvalue weighted by molar-refractivity contribution is 5.71. The van der Waals surface area contributed by atoms with Crippen LogP contribution in [-0.2, 0) is 28.9 Å². The van der Waals surface area contributed by atoms with Gasteiger partial charge in [-0.25, -0.2) is 0 Å². The van der Waals surface area contributed by atoms with Crippen molar-refractivity contribution in [3.8, 4) is 23.0 Å². The lowest BCUT2D eigenvalue weighted by Crippen LogP contribution is -2.46. The molecule has 2 aliphatic rings. The van der Waals surface area contributed by atoms with Gasteiger partial charge in [0, 0.05) is 50.8 Å². The zero-order valence-electron chi connectivity index (χ0n) is 26.8. The number of methoxy groups -OCH3 is 2. The number of hydrogen-bond acceptors (Lipinski definition) is 10. The van der Waals surface area contributed by atoms with Crippen molar-refractivity contribution in [3.63, 3.8) is 0 Å². The maximum Gasteiger partial charge on any atom is 0.306 e. The Bertz CT molecular complexity index is 1730. The van der Waals surface area contributed by atoms with Crippen molar-refractivity contribution in [2.45, 2.75) is 31.7 Å². The third-order valence-corrected chi connectivity index (χ3v) is 8.80. The van der Waals surface area contributed by atoms with Crippen LogP contribution in [0, 0.1) is 0 Å². The number of fused-ring (bicyclic) bond motifs is 1. The first-order valence-electron chi connectivity index (χ1n) is 15.9. The van der Waals surface area contributed by atoms with E-state index in [4.69, 9.17) is 23.4 Å². The molecule has 0 radical (unpaired) electrons. The van der Waals surface area contributed by atoms with Crippen LogP contribution in [0.3, 0.4) is 0 Å². The van der Waals surface area contributed by atoms with Crippen LogP contribution in [0.15, 0.2) is 82.0 Å². The topological polar surface area (TPSA) is 111 Å². The summed E-state index contributed by atoms with van der Waals surface area (Å²) in [5.74, 6) is 1.19. The molecule has 246 valence electrons. The van der Waals surface area contributed by atoms with Gasteiger partial charge in [-0.05, 0) is 59.2 Å². The normalized spacial score (nSPS) is 15.1. The number of piperazine rings is 1. The molecule has 4 aromatic rings. The van der Waals surface area contributed by atoms with Crippen LogP contribution in [0.1, 0.15) is 40.5 Å². The Balaban J connectivity index is 1.12. The summed E-state index contributed by atoms with van der Waals surface area (Å²) < 4.78 is 28.0. The molecule has 47 heavy (non-hydrogen) atoms. The second-order valence-electron chi connectivity index (χ2n) is 11.8. The molecular formula is C37H40N2O8. The van der Waals surface area contributed by atoms with E-state index in [2.05, 4.69) is 21.9 Å². The monoisotopic (exact) mass is 640 g/mol. The highest BCUT2D eigenvalue weighted by atomic mass is 16.5. The summed E-state index contributed by atoms with van der Waals surface area (Å²) in [4.78, 5) is 29.9. The van der Waals surface area contributed by atoms with Gasteiger partial charge < -0.3 is 33.4 Å². The first-order chi connectivity index (χ1) is 22.9. The Labute approximate surface area is 274 Å². The molecule has 0 aliphatic carbocycles. The lowest BCUT2D eigenvalue weighted by atomic mass is 9.92. The van der Waals surface area contributed by atoms with Gasteiger partial charge in [0.1, 0.15) is 23.0 Å². The van der Waals surface area contributed by atoms with E-state index in [9.17, 15) is 14.7 Å². The molecule has 1 N–H and O–H groups in total. The first-order valence-corrected chi connectivity index (χ1v) is 15.9. The van der Waals surface area contributed by atoms with Gasteiger partial charge in [0.05, 0.1) is 46.3 Å². The van der Waals surface area contributed by atoms with E-state index in [1.807, 2.05) is 54.6 Å². The zero-order chi connectivity index (χ0) is 32.8. The fourth-order valence-corrected chi connectivity index (χ4v) is 6.14. The van der Waals surface area contributed by atoms with Crippen molar-refractivity contribution >= 4 is 11.7 Å². The predicted molar refractivity (Wildman–Crippen MR) is 177 cm³/mol. The second kappa shape index (κ2) is 14.6. The second-order valence-corrected chi connectivity index (χ2v) is 11.8. The maximum absolute atomic E-state index is 12.9. The molecule has 0 amide bonds. The van der Waals surface area contributed by atoms with E-state index in [-0.39, 0.29) is 12.2 Å². The van der Waals surface area contributed by atoms with Gasteiger partial charge in [-0.2, -0.15) is 0 Å². The summed E-state index contributed by atoms with van der Waals surface area (Å²) in [7, 11) is 2.96. The minimum absolute atomic E-state index is 0.0454. The lowest BCUT2D eigenvalue weighted by Gasteiger charge is -2.36. The molecule has 1 unspecified atom stereocenters. The van der Waals surface area contributed by atoms with Crippen molar-refractivity contribution in [2.24, 2.45) is 0 Å². The van der Waals surface area contributed by atoms with E-state index < -0.39 is 23.1 Å². The predicted octanol–water partition coefficient (Wildman–Crippen LogP) is 4.93. The third kappa shape index (κ3) is 7.72. The molecule has 10 heteroatoms. The van der Waals surface area contributed by atoms with Crippen molar-refractivity contribution in [2.75, 3.05) is 58.5 Å². The Hall–Kier alpha value is -4.96. The van der Waals surface area contributed by atoms with Crippen LogP contribution in [0.25, 0.3) is 0 Å². The van der Waals surface area contributed by atoms with Gasteiger partial charge in [-0.1, -0.05) is 24.3 Å². The molecule has 1 saturated heterocycles. The molecule has 1 atom stereocenters. The third-order valence-electron chi connectivity index (χ3n) is 8.80. The van der Waals surface area contributed by atoms with Crippen molar-refractivity contribution < 1.29 is 33.3 Å². The fourth-order valence-electron chi connectivity index (χ4n) is 6.14. The van der Waals surface area contributed by atoms with Gasteiger partial charge in [0.2, 0.25) is 11.2 Å². The van der Waals surface area contributed by atoms with Gasteiger partial charge in [-0.3, -0.25) is 14.5 Å². The number of carbonyl (C=O) groups is 1. The molecule has 3 aromatic carbocycles. The summed E-state index contributed by atoms with van der Waals surface area (Å²) in [6.07, 6.45) is 1.57. The Morgan fingerprint density at radius 3 is 2.40 bits per heavy atom. The standard InChI is InChI=1S/C37H40N2O8/c1-43-29-10-6-28(7-11-29)39-17-15-38(16-18-39)24-31-22-33(40)36(42)37(47-31)32(23-35(41)44-2)26-4-8-30(9-5-26)45-19-13-25-3-12-34-27(21-25)14-20-46-34/h3-12,21-22,32,42H,13-20,23-24H2,1-2H3. The molecule has 0 spiro atoms. The SMILES string of the molecule is COC(=O)CC(c1ccc(OCCc2ccc3c(c2)CCO3)cc1)c1oc(CN2CCN(c3ccc(OC)cc3)CC2)cc(=O)c1O. The summed E-state index contributed by atoms with van der Waals surface area (Å²) in [6.45, 7) is 4.77. The summed E-state index contributed by atoms with van der Waals surface area (Å²) >= 11 is 0. The Morgan fingerprint density at radius 1 is 0.936 bits per heavy atom. The van der Waals surface area contributed by atoms with Crippen LogP contribution < -0.4 is 24.5 Å². The van der Waals surface area contributed by atoms with Crippen LogP contribution in [0.4, 0.5) is 5.69 Å². The number of hydrogen-bond donors (Lipinski definition) is 1. The first kappa shape index (κ1) is 32.0. The maximum atomic E-state index is 12.9. The van der Waals surface area contributed by atoms with Gasteiger partial charge in [-0.15, -0.1) is 0 Å². The molecule has 1 aromatic heterocycles. The highest BCUT2D eigenvalue weighted by Gasteiger charge is 2.27. The van der Waals surface area contributed by atoms with E-state index >= 15 is 0 Å². The van der Waals surface area contributed by atoms with Crippen molar-refractivity contribution in [1.82, 2.24) is 4.90 Å². The molecule has 10 nitrogen and oxygen atoms in total. The van der Waals surface area contributed by atoms with Gasteiger partial charge in [0.15, 0.2) is 5.76 Å². The average Bonchev–Trinajstić information content (AvgIpc) is 3.58. The fraction of sp³-hybridized carbons (Fsp3) is 0.351. The molecular weight excluding hydrogens is 600 g/mol. The van der Waals surface area contributed by atoms with Crippen molar-refractivity contribution in [3.05, 3.63) is 111 Å². The lowest BCUT2D eigenvalue weighted by molar-refractivity contribution is -0.140. The number of anilines is 1. The molecule has 0 saturated carbocycles. The Morgan fingerprint density at radius 2 is 1.68 bits per heavy atom. The number of carbonyl (C=O) groups excluding carboxylic acids is 1. The van der Waals surface area contributed by atoms with Crippen LogP contribution in [0.2, 0.25) is 0 Å². The number of benzene rings is 3. The Kier molecular flexibility index (Phi) is 9.97. The van der Waals surface area contributed by atoms with Gasteiger partial charge in [0.25, 0.3) is 0 Å². The highest BCUT2D eigenvalue weighted by Crippen LogP contribution is 2.35. The summed E-state index contributed by atoms with van der Waals surface area (Å²) in [6, 6.07) is 22.8. The molecule has 6 rings (SSSR count). The summed E-state index contributed by atoms with van der Waals surface area (Å²) in [5, 5.41) is 10.9. The van der Waals surface area contributed by atoms with Crippen molar-refractivity contribution in [1.29, 1.82) is 0 Å². The molecule has 1 fully saturated rings.